The van der Waals surface area contributed by atoms with Gasteiger partial charge in [0.2, 0.25) is 0 Å². The molecule has 0 atom stereocenters. The van der Waals surface area contributed by atoms with Crippen LogP contribution in [0.1, 0.15) is 10.4 Å². The molecule has 3 nitrogen and oxygen atoms in total. The van der Waals surface area contributed by atoms with Gasteiger partial charge < -0.3 is 9.84 Å². The summed E-state index contributed by atoms with van der Waals surface area (Å²) in [5, 5.41) is 9.05. The molecule has 2 rings (SSSR count). The summed E-state index contributed by atoms with van der Waals surface area (Å²) in [5.41, 5.74) is -0.144. The van der Waals surface area contributed by atoms with E-state index in [1.54, 1.807) is 0 Å². The second-order valence-corrected chi connectivity index (χ2v) is 3.84. The topological polar surface area (TPSA) is 46.5 Å². The van der Waals surface area contributed by atoms with E-state index in [2.05, 4.69) is 0 Å². The number of carboxylic acid groups (broad SMARTS) is 1. The third kappa shape index (κ3) is 2.54. The molecule has 0 aliphatic heterocycles. The van der Waals surface area contributed by atoms with Crippen molar-refractivity contribution in [3.05, 3.63) is 53.6 Å². The Bertz CT molecular complexity index is 639. The minimum Gasteiger partial charge on any atom is -0.497 e. The summed E-state index contributed by atoms with van der Waals surface area (Å²) in [6.07, 6.45) is 0. The predicted octanol–water partition coefficient (Wildman–Crippen LogP) is 3.34. The number of hydrogen-bond donors (Lipinski definition) is 1. The van der Waals surface area contributed by atoms with E-state index < -0.39 is 17.6 Å². The van der Waals surface area contributed by atoms with Crippen molar-refractivity contribution in [2.75, 3.05) is 7.11 Å². The van der Waals surface area contributed by atoms with Crippen molar-refractivity contribution in [1.29, 1.82) is 0 Å². The normalized spacial score (nSPS) is 10.3. The van der Waals surface area contributed by atoms with E-state index in [0.29, 0.717) is 5.75 Å². The highest BCUT2D eigenvalue weighted by Crippen LogP contribution is 2.30. The Morgan fingerprint density at radius 1 is 1.11 bits per heavy atom. The molecule has 5 heteroatoms. The van der Waals surface area contributed by atoms with Crippen LogP contribution in [0.2, 0.25) is 0 Å². The van der Waals surface area contributed by atoms with Gasteiger partial charge in [0.25, 0.3) is 0 Å². The number of aromatic carboxylic acids is 1. The fraction of sp³-hybridized carbons (Fsp3) is 0.0714. The van der Waals surface area contributed by atoms with Crippen LogP contribution >= 0.6 is 0 Å². The van der Waals surface area contributed by atoms with Crippen LogP contribution in [-0.4, -0.2) is 18.2 Å². The lowest BCUT2D eigenvalue weighted by atomic mass is 9.99. The maximum Gasteiger partial charge on any atom is 0.336 e. The summed E-state index contributed by atoms with van der Waals surface area (Å²) in [5.74, 6) is -2.23. The Morgan fingerprint density at radius 3 is 2.47 bits per heavy atom. The average Bonchev–Trinajstić information content (AvgIpc) is 2.39. The molecule has 0 amide bonds. The molecular formula is C14H10F2O3. The highest BCUT2D eigenvalue weighted by Gasteiger charge is 2.16. The lowest BCUT2D eigenvalue weighted by molar-refractivity contribution is 0.0697. The standard InChI is InChI=1S/C14H10F2O3/c1-19-9-3-5-13(16)11(7-9)10-4-2-8(15)6-12(10)14(17)18/h2-7H,1H3,(H,17,18). The molecule has 0 aliphatic rings. The zero-order valence-electron chi connectivity index (χ0n) is 9.98. The number of carboxylic acids is 1. The maximum absolute atomic E-state index is 13.8. The first kappa shape index (κ1) is 13.0. The van der Waals surface area contributed by atoms with E-state index in [1.165, 1.54) is 31.4 Å². The first-order valence-electron chi connectivity index (χ1n) is 5.39. The Kier molecular flexibility index (Phi) is 3.46. The summed E-state index contributed by atoms with van der Waals surface area (Å²) in [4.78, 5) is 11.1. The van der Waals surface area contributed by atoms with Gasteiger partial charge in [-0.3, -0.25) is 0 Å². The highest BCUT2D eigenvalue weighted by molar-refractivity contribution is 5.96. The number of halogens is 2. The fourth-order valence-electron chi connectivity index (χ4n) is 1.77. The molecule has 0 aromatic heterocycles. The van der Waals surface area contributed by atoms with E-state index in [1.807, 2.05) is 0 Å². The quantitative estimate of drug-likeness (QED) is 0.924. The monoisotopic (exact) mass is 264 g/mol. The number of hydrogen-bond acceptors (Lipinski definition) is 2. The molecule has 19 heavy (non-hydrogen) atoms. The Labute approximate surface area is 108 Å². The van der Waals surface area contributed by atoms with Gasteiger partial charge in [-0.05, 0) is 35.9 Å². The minimum absolute atomic E-state index is 0.0525. The Hall–Kier alpha value is -2.43. The van der Waals surface area contributed by atoms with Crippen LogP contribution < -0.4 is 4.74 Å². The van der Waals surface area contributed by atoms with E-state index in [0.717, 1.165) is 12.1 Å². The van der Waals surface area contributed by atoms with Crippen molar-refractivity contribution in [2.45, 2.75) is 0 Å². The van der Waals surface area contributed by atoms with Gasteiger partial charge in [0.05, 0.1) is 12.7 Å². The molecule has 0 bridgehead atoms. The molecule has 0 fully saturated rings. The number of methoxy groups -OCH3 is 1. The molecule has 2 aromatic carbocycles. The largest absolute Gasteiger partial charge is 0.497 e. The highest BCUT2D eigenvalue weighted by atomic mass is 19.1. The van der Waals surface area contributed by atoms with Gasteiger partial charge in [-0.25, -0.2) is 13.6 Å². The molecule has 0 spiro atoms. The smallest absolute Gasteiger partial charge is 0.336 e. The van der Waals surface area contributed by atoms with Crippen LogP contribution in [0.15, 0.2) is 36.4 Å². The molecule has 98 valence electrons. The first-order chi connectivity index (χ1) is 9.02. The van der Waals surface area contributed by atoms with Crippen LogP contribution in [0.4, 0.5) is 8.78 Å². The van der Waals surface area contributed by atoms with Crippen LogP contribution in [0.3, 0.4) is 0 Å². The van der Waals surface area contributed by atoms with Gasteiger partial charge in [0.15, 0.2) is 0 Å². The van der Waals surface area contributed by atoms with Crippen LogP contribution in [0.5, 0.6) is 5.75 Å². The van der Waals surface area contributed by atoms with Crippen LogP contribution in [-0.2, 0) is 0 Å². The molecule has 1 N–H and O–H groups in total. The molecule has 0 radical (unpaired) electrons. The summed E-state index contributed by atoms with van der Waals surface area (Å²) < 4.78 is 31.8. The molecule has 0 heterocycles. The van der Waals surface area contributed by atoms with Crippen molar-refractivity contribution in [3.63, 3.8) is 0 Å². The minimum atomic E-state index is -1.32. The zero-order valence-corrected chi connectivity index (χ0v) is 9.98. The van der Waals surface area contributed by atoms with E-state index in [9.17, 15) is 13.6 Å². The second kappa shape index (κ2) is 5.06. The summed E-state index contributed by atoms with van der Waals surface area (Å²) in [6, 6.07) is 7.13. The molecule has 0 saturated carbocycles. The van der Waals surface area contributed by atoms with Crippen molar-refractivity contribution in [3.8, 4) is 16.9 Å². The third-order valence-electron chi connectivity index (χ3n) is 2.68. The number of ether oxygens (including phenoxy) is 1. The third-order valence-corrected chi connectivity index (χ3v) is 2.68. The Balaban J connectivity index is 2.67. The molecule has 2 aromatic rings. The first-order valence-corrected chi connectivity index (χ1v) is 5.39. The van der Waals surface area contributed by atoms with Gasteiger partial charge in [-0.15, -0.1) is 0 Å². The lowest BCUT2D eigenvalue weighted by Gasteiger charge is -2.09. The Morgan fingerprint density at radius 2 is 1.84 bits per heavy atom. The van der Waals surface area contributed by atoms with E-state index in [4.69, 9.17) is 9.84 Å². The van der Waals surface area contributed by atoms with Crippen LogP contribution in [0, 0.1) is 11.6 Å². The molecular weight excluding hydrogens is 254 g/mol. The van der Waals surface area contributed by atoms with Crippen molar-refractivity contribution < 1.29 is 23.4 Å². The van der Waals surface area contributed by atoms with Gasteiger partial charge in [0, 0.05) is 5.56 Å². The second-order valence-electron chi connectivity index (χ2n) is 3.84. The fourth-order valence-corrected chi connectivity index (χ4v) is 1.77. The van der Waals surface area contributed by atoms with E-state index >= 15 is 0 Å². The number of benzene rings is 2. The molecule has 0 saturated heterocycles. The summed E-state index contributed by atoms with van der Waals surface area (Å²) >= 11 is 0. The van der Waals surface area contributed by atoms with Gasteiger partial charge >= 0.3 is 5.97 Å². The zero-order chi connectivity index (χ0) is 14.0. The predicted molar refractivity (Wildman–Crippen MR) is 65.3 cm³/mol. The molecule has 0 unspecified atom stereocenters. The lowest BCUT2D eigenvalue weighted by Crippen LogP contribution is -2.01. The average molecular weight is 264 g/mol. The molecule has 0 aliphatic carbocycles. The number of carbonyl (C=O) groups is 1. The van der Waals surface area contributed by atoms with Crippen LogP contribution in [0.25, 0.3) is 11.1 Å². The van der Waals surface area contributed by atoms with Gasteiger partial charge in [-0.2, -0.15) is 0 Å². The van der Waals surface area contributed by atoms with Crippen molar-refractivity contribution in [2.24, 2.45) is 0 Å². The SMILES string of the molecule is COc1ccc(F)c(-c2ccc(F)cc2C(=O)O)c1. The summed E-state index contributed by atoms with van der Waals surface area (Å²) in [6.45, 7) is 0. The summed E-state index contributed by atoms with van der Waals surface area (Å²) in [7, 11) is 1.42. The van der Waals surface area contributed by atoms with Crippen molar-refractivity contribution >= 4 is 5.97 Å². The van der Waals surface area contributed by atoms with Crippen molar-refractivity contribution in [1.82, 2.24) is 0 Å². The number of rotatable bonds is 3. The van der Waals surface area contributed by atoms with Gasteiger partial charge in [-0.1, -0.05) is 6.07 Å². The van der Waals surface area contributed by atoms with Gasteiger partial charge in [0.1, 0.15) is 17.4 Å². The maximum atomic E-state index is 13.8. The van der Waals surface area contributed by atoms with E-state index in [-0.39, 0.29) is 16.7 Å².